The maximum Gasteiger partial charge on any atom is 0.138 e. The fourth-order valence-corrected chi connectivity index (χ4v) is 5.68. The van der Waals surface area contributed by atoms with Gasteiger partial charge in [0.05, 0.1) is 11.4 Å². The van der Waals surface area contributed by atoms with Crippen LogP contribution < -0.4 is 15.5 Å². The number of nitrogens with two attached hydrogens (primary N) is 1. The van der Waals surface area contributed by atoms with E-state index in [-0.39, 0.29) is 0 Å². The Labute approximate surface area is 195 Å². The van der Waals surface area contributed by atoms with E-state index < -0.39 is 5.66 Å². The summed E-state index contributed by atoms with van der Waals surface area (Å²) in [5, 5.41) is 1.17. The third-order valence-electron chi connectivity index (χ3n) is 7.55. The molecule has 4 heteroatoms. The lowest BCUT2D eigenvalue weighted by Gasteiger charge is -2.45. The van der Waals surface area contributed by atoms with Crippen LogP contribution in [0, 0.1) is 5.92 Å². The van der Waals surface area contributed by atoms with Crippen LogP contribution in [0.3, 0.4) is 0 Å². The van der Waals surface area contributed by atoms with Crippen LogP contribution in [0.25, 0.3) is 17.0 Å². The molecule has 1 aliphatic heterocycles. The van der Waals surface area contributed by atoms with Crippen LogP contribution >= 0.6 is 0 Å². The van der Waals surface area contributed by atoms with E-state index in [1.165, 1.54) is 22.3 Å². The summed E-state index contributed by atoms with van der Waals surface area (Å²) in [6.07, 6.45) is 15.1. The van der Waals surface area contributed by atoms with E-state index in [9.17, 15) is 0 Å². The van der Waals surface area contributed by atoms with E-state index in [0.717, 1.165) is 42.0 Å². The van der Waals surface area contributed by atoms with Crippen molar-refractivity contribution < 1.29 is 4.42 Å². The first kappa shape index (κ1) is 20.0. The summed E-state index contributed by atoms with van der Waals surface area (Å²) in [5.74, 6) is 1.33. The number of hydrogen-bond acceptors (Lipinski definition) is 4. The molecule has 4 nitrogen and oxygen atoms in total. The third-order valence-corrected chi connectivity index (χ3v) is 7.55. The first-order valence-electron chi connectivity index (χ1n) is 11.7. The van der Waals surface area contributed by atoms with Gasteiger partial charge in [0.2, 0.25) is 0 Å². The van der Waals surface area contributed by atoms with Crippen LogP contribution in [0.2, 0.25) is 0 Å². The van der Waals surface area contributed by atoms with Gasteiger partial charge in [-0.3, -0.25) is 0 Å². The molecule has 0 spiro atoms. The van der Waals surface area contributed by atoms with Gasteiger partial charge in [-0.2, -0.15) is 0 Å². The van der Waals surface area contributed by atoms with Gasteiger partial charge in [0, 0.05) is 41.9 Å². The first-order valence-corrected chi connectivity index (χ1v) is 11.7. The summed E-state index contributed by atoms with van der Waals surface area (Å²) in [6.45, 7) is 3.23. The smallest absolute Gasteiger partial charge is 0.138 e. The Morgan fingerprint density at radius 3 is 2.67 bits per heavy atom. The molecule has 2 N–H and O–H groups in total. The molecule has 2 aromatic carbocycles. The van der Waals surface area contributed by atoms with E-state index in [0.29, 0.717) is 5.92 Å². The summed E-state index contributed by atoms with van der Waals surface area (Å²) in [6, 6.07) is 16.9. The maximum absolute atomic E-state index is 6.83. The van der Waals surface area contributed by atoms with Gasteiger partial charge in [-0.25, -0.2) is 0 Å². The van der Waals surface area contributed by atoms with Crippen LogP contribution in [-0.4, -0.2) is 19.3 Å². The zero-order valence-electron chi connectivity index (χ0n) is 19.2. The fraction of sp³-hybridized carbons (Fsp3) is 0.241. The Balaban J connectivity index is 1.45. The van der Waals surface area contributed by atoms with E-state index in [4.69, 9.17) is 10.2 Å². The van der Waals surface area contributed by atoms with E-state index in [1.807, 2.05) is 18.2 Å². The standard InChI is InChI=1S/C29H29N3O/c1-29(23-17-16-22-21-12-6-9-15-27(21)33-28(22)18-24(23)30)31(2)25-13-7-8-14-26(25)32(29)19-20-10-4-3-5-11-20/h3-10,12-15,17-18,20H,11,16,19,30H2,1-2H3. The van der Waals surface area contributed by atoms with Gasteiger partial charge in [0.15, 0.2) is 0 Å². The highest BCUT2D eigenvalue weighted by Crippen LogP contribution is 2.49. The van der Waals surface area contributed by atoms with Crippen molar-refractivity contribution >= 4 is 28.4 Å². The molecular weight excluding hydrogens is 406 g/mol. The molecule has 2 heterocycles. The largest absolute Gasteiger partial charge is 0.456 e. The normalized spacial score (nSPS) is 23.9. The highest BCUT2D eigenvalue weighted by Gasteiger charge is 2.48. The van der Waals surface area contributed by atoms with Crippen LogP contribution in [0.15, 0.2) is 94.6 Å². The molecule has 0 saturated heterocycles. The van der Waals surface area contributed by atoms with Crippen molar-refractivity contribution in [2.24, 2.45) is 11.7 Å². The Morgan fingerprint density at radius 2 is 1.85 bits per heavy atom. The minimum Gasteiger partial charge on any atom is -0.456 e. The second kappa shape index (κ2) is 7.45. The molecule has 2 aliphatic carbocycles. The lowest BCUT2D eigenvalue weighted by Crippen LogP contribution is -2.57. The molecule has 0 saturated carbocycles. The molecule has 3 aromatic rings. The number of benzene rings is 2. The number of hydrogen-bond donors (Lipinski definition) is 1. The minimum absolute atomic E-state index is 0.404. The molecule has 166 valence electrons. The molecular formula is C29H29N3O. The minimum atomic E-state index is -0.404. The highest BCUT2D eigenvalue weighted by atomic mass is 16.3. The Bertz CT molecular complexity index is 1360. The number of fused-ring (bicyclic) bond motifs is 4. The second-order valence-electron chi connectivity index (χ2n) is 9.35. The average molecular weight is 436 g/mol. The number of anilines is 2. The molecule has 6 rings (SSSR count). The topological polar surface area (TPSA) is 45.6 Å². The molecule has 2 unspecified atom stereocenters. The van der Waals surface area contributed by atoms with Crippen molar-refractivity contribution in [3.05, 3.63) is 102 Å². The summed E-state index contributed by atoms with van der Waals surface area (Å²) in [5.41, 5.74) is 12.9. The number of allylic oxidation sites excluding steroid dienone is 4. The monoisotopic (exact) mass is 435 g/mol. The predicted molar refractivity (Wildman–Crippen MR) is 137 cm³/mol. The Morgan fingerprint density at radius 1 is 1.06 bits per heavy atom. The molecule has 0 bridgehead atoms. The third kappa shape index (κ3) is 2.97. The number of furan rings is 1. The van der Waals surface area contributed by atoms with Crippen molar-refractivity contribution in [3.63, 3.8) is 0 Å². The van der Waals surface area contributed by atoms with Gasteiger partial charge in [-0.1, -0.05) is 60.7 Å². The van der Waals surface area contributed by atoms with E-state index >= 15 is 0 Å². The maximum atomic E-state index is 6.83. The number of nitrogens with zero attached hydrogens (tertiary/aromatic N) is 2. The molecule has 0 radical (unpaired) electrons. The molecule has 1 aromatic heterocycles. The van der Waals surface area contributed by atoms with E-state index in [2.05, 4.69) is 90.5 Å². The van der Waals surface area contributed by atoms with Crippen molar-refractivity contribution in [3.8, 4) is 0 Å². The molecule has 33 heavy (non-hydrogen) atoms. The number of para-hydroxylation sites is 3. The van der Waals surface area contributed by atoms with Crippen molar-refractivity contribution in [1.82, 2.24) is 0 Å². The van der Waals surface area contributed by atoms with Crippen LogP contribution in [0.4, 0.5) is 11.4 Å². The number of rotatable bonds is 3. The summed E-state index contributed by atoms with van der Waals surface area (Å²) in [4.78, 5) is 4.91. The lowest BCUT2D eigenvalue weighted by molar-refractivity contribution is 0.473. The SMILES string of the molecule is CN1c2ccccc2N(CC2C=CC=CC2)C1(C)C1=CCc2c(oc3ccccc23)C=C1N. The van der Waals surface area contributed by atoms with Crippen molar-refractivity contribution in [1.29, 1.82) is 0 Å². The molecule has 3 aliphatic rings. The summed E-state index contributed by atoms with van der Waals surface area (Å²) >= 11 is 0. The summed E-state index contributed by atoms with van der Waals surface area (Å²) < 4.78 is 6.19. The van der Waals surface area contributed by atoms with Gasteiger partial charge in [0.1, 0.15) is 17.0 Å². The Hall–Kier alpha value is -3.66. The van der Waals surface area contributed by atoms with Crippen molar-refractivity contribution in [2.75, 3.05) is 23.4 Å². The Kier molecular flexibility index (Phi) is 4.51. The lowest BCUT2D eigenvalue weighted by atomic mass is 9.92. The summed E-state index contributed by atoms with van der Waals surface area (Å²) in [7, 11) is 2.18. The van der Waals surface area contributed by atoms with Crippen molar-refractivity contribution in [2.45, 2.75) is 25.4 Å². The van der Waals surface area contributed by atoms with Gasteiger partial charge in [-0.15, -0.1) is 0 Å². The predicted octanol–water partition coefficient (Wildman–Crippen LogP) is 6.02. The zero-order valence-corrected chi connectivity index (χ0v) is 19.2. The zero-order chi connectivity index (χ0) is 22.6. The van der Waals surface area contributed by atoms with Gasteiger partial charge < -0.3 is 20.0 Å². The van der Waals surface area contributed by atoms with Crippen LogP contribution in [0.5, 0.6) is 0 Å². The molecule has 0 amide bonds. The van der Waals surface area contributed by atoms with Crippen LogP contribution in [-0.2, 0) is 6.42 Å². The second-order valence-corrected chi connectivity index (χ2v) is 9.35. The first-order chi connectivity index (χ1) is 16.1. The van der Waals surface area contributed by atoms with Crippen LogP contribution in [0.1, 0.15) is 24.7 Å². The van der Waals surface area contributed by atoms with Gasteiger partial charge in [-0.05, 0) is 43.9 Å². The van der Waals surface area contributed by atoms with Gasteiger partial charge >= 0.3 is 0 Å². The molecule has 2 atom stereocenters. The van der Waals surface area contributed by atoms with Gasteiger partial charge in [0.25, 0.3) is 0 Å². The average Bonchev–Trinajstić information content (AvgIpc) is 3.21. The fourth-order valence-electron chi connectivity index (χ4n) is 5.68. The van der Waals surface area contributed by atoms with E-state index in [1.54, 1.807) is 0 Å². The number of likely N-dealkylation sites (N-methyl/N-ethyl adjacent to an activating group) is 1. The highest BCUT2D eigenvalue weighted by molar-refractivity contribution is 5.87. The molecule has 0 fully saturated rings. The quantitative estimate of drug-likeness (QED) is 0.546.